The average Bonchev–Trinajstić information content (AvgIpc) is 2.57. The van der Waals surface area contributed by atoms with Crippen LogP contribution in [0.15, 0.2) is 60.7 Å². The fraction of sp³-hybridized carbons (Fsp3) is 0.143. The Labute approximate surface area is 162 Å². The fourth-order valence-electron chi connectivity index (χ4n) is 2.88. The molecule has 0 spiro atoms. The van der Waals surface area contributed by atoms with Crippen LogP contribution in [0.3, 0.4) is 0 Å². The van der Waals surface area contributed by atoms with Crippen molar-refractivity contribution in [2.45, 2.75) is 20.8 Å². The van der Waals surface area contributed by atoms with Gasteiger partial charge in [0, 0.05) is 0 Å². The van der Waals surface area contributed by atoms with Crippen molar-refractivity contribution in [1.82, 2.24) is 0 Å². The van der Waals surface area contributed by atoms with Gasteiger partial charge in [-0.2, -0.15) is 0 Å². The van der Waals surface area contributed by atoms with Gasteiger partial charge in [0.05, 0.1) is 0 Å². The molecule has 0 aromatic heterocycles. The predicted octanol–water partition coefficient (Wildman–Crippen LogP) is 4.43. The Morgan fingerprint density at radius 1 is 0.583 bits per heavy atom. The van der Waals surface area contributed by atoms with Crippen LogP contribution >= 0.6 is 23.2 Å². The molecular weight excluding hydrogens is 532 g/mol. The standard InChI is InChI=1S/2C7H6Cl.C7H7.Bi/c2*1-6-4-2-3-5-7(6)8;1-7-5-3-2-4-6-7;/h2*2-3,5H,1H3;2-5H,1H3;. The normalized spacial score (nSPS) is 11.1. The first-order valence-corrected chi connectivity index (χ1v) is 13.8. The summed E-state index contributed by atoms with van der Waals surface area (Å²) >= 11 is 10.4. The van der Waals surface area contributed by atoms with Gasteiger partial charge in [0.1, 0.15) is 0 Å². The maximum atomic E-state index is 6.45. The van der Waals surface area contributed by atoms with Gasteiger partial charge >= 0.3 is 163 Å². The van der Waals surface area contributed by atoms with Crippen molar-refractivity contribution in [2.24, 2.45) is 0 Å². The van der Waals surface area contributed by atoms with Crippen LogP contribution in [0.2, 0.25) is 10.0 Å². The average molecular weight is 551 g/mol. The Hall–Kier alpha value is -0.877. The number of rotatable bonds is 3. The van der Waals surface area contributed by atoms with Gasteiger partial charge in [-0.15, -0.1) is 0 Å². The first-order chi connectivity index (χ1) is 11.5. The van der Waals surface area contributed by atoms with Gasteiger partial charge in [-0.25, -0.2) is 0 Å². The van der Waals surface area contributed by atoms with Crippen molar-refractivity contribution in [1.29, 1.82) is 0 Å². The second-order valence-corrected chi connectivity index (χ2v) is 14.9. The van der Waals surface area contributed by atoms with Crippen molar-refractivity contribution in [2.75, 3.05) is 0 Å². The number of aryl methyl sites for hydroxylation is 1. The Morgan fingerprint density at radius 3 is 1.54 bits per heavy atom. The molecule has 3 aromatic rings. The molecule has 0 saturated heterocycles. The van der Waals surface area contributed by atoms with E-state index in [-0.39, 0.29) is 0 Å². The minimum atomic E-state index is -2.48. The third kappa shape index (κ3) is 3.40. The van der Waals surface area contributed by atoms with Crippen LogP contribution in [0.4, 0.5) is 0 Å². The van der Waals surface area contributed by atoms with Crippen LogP contribution in [-0.2, 0) is 0 Å². The number of hydrogen-bond donors (Lipinski definition) is 0. The van der Waals surface area contributed by atoms with Gasteiger partial charge in [-0.3, -0.25) is 0 Å². The number of halogens is 2. The Bertz CT molecular complexity index is 835. The molecule has 0 N–H and O–H groups in total. The molecule has 0 bridgehead atoms. The molecule has 0 radical (unpaired) electrons. The molecule has 0 heterocycles. The van der Waals surface area contributed by atoms with Gasteiger partial charge in [-0.05, 0) is 0 Å². The van der Waals surface area contributed by atoms with E-state index in [1.54, 1.807) is 0 Å². The zero-order valence-corrected chi connectivity index (χ0v) is 19.0. The molecule has 3 aromatic carbocycles. The first kappa shape index (κ1) is 17.9. The second kappa shape index (κ2) is 7.56. The number of hydrogen-bond acceptors (Lipinski definition) is 0. The van der Waals surface area contributed by atoms with Crippen molar-refractivity contribution in [3.05, 3.63) is 87.4 Å². The summed E-state index contributed by atoms with van der Waals surface area (Å²) in [5, 5.41) is 1.70. The van der Waals surface area contributed by atoms with Gasteiger partial charge in [0.15, 0.2) is 0 Å². The van der Waals surface area contributed by atoms with E-state index in [4.69, 9.17) is 23.2 Å². The number of benzene rings is 3. The molecule has 0 nitrogen and oxygen atoms in total. The van der Waals surface area contributed by atoms with Crippen LogP contribution in [0.25, 0.3) is 0 Å². The summed E-state index contributed by atoms with van der Waals surface area (Å²) in [6, 6.07) is 21.4. The summed E-state index contributed by atoms with van der Waals surface area (Å²) in [6.07, 6.45) is 0. The summed E-state index contributed by atoms with van der Waals surface area (Å²) in [4.78, 5) is 0. The predicted molar refractivity (Wildman–Crippen MR) is 108 cm³/mol. The third-order valence-electron chi connectivity index (χ3n) is 4.32. The van der Waals surface area contributed by atoms with E-state index in [2.05, 4.69) is 69.3 Å². The van der Waals surface area contributed by atoms with E-state index >= 15 is 0 Å². The topological polar surface area (TPSA) is 0 Å². The molecule has 24 heavy (non-hydrogen) atoms. The molecule has 0 aliphatic heterocycles. The summed E-state index contributed by atoms with van der Waals surface area (Å²) in [7, 11) is 0. The molecule has 3 heteroatoms. The summed E-state index contributed by atoms with van der Waals surface area (Å²) in [5.41, 5.74) is 3.77. The summed E-state index contributed by atoms with van der Waals surface area (Å²) in [5.74, 6) is 0. The Balaban J connectivity index is 2.32. The third-order valence-corrected chi connectivity index (χ3v) is 16.5. The van der Waals surface area contributed by atoms with Gasteiger partial charge in [0.25, 0.3) is 0 Å². The van der Waals surface area contributed by atoms with Gasteiger partial charge in [0.2, 0.25) is 0 Å². The molecule has 0 aliphatic carbocycles. The molecule has 0 unspecified atom stereocenters. The van der Waals surface area contributed by atoms with E-state index in [1.807, 2.05) is 12.1 Å². The first-order valence-electron chi connectivity index (χ1n) is 7.86. The van der Waals surface area contributed by atoms with E-state index in [0.717, 1.165) is 10.0 Å². The van der Waals surface area contributed by atoms with Crippen molar-refractivity contribution in [3.8, 4) is 0 Å². The van der Waals surface area contributed by atoms with Crippen molar-refractivity contribution < 1.29 is 0 Å². The summed E-state index contributed by atoms with van der Waals surface area (Å²) < 4.78 is 4.34. The zero-order chi connectivity index (χ0) is 17.3. The van der Waals surface area contributed by atoms with Crippen molar-refractivity contribution >= 4 is 54.8 Å². The molecule has 0 atom stereocenters. The second-order valence-electron chi connectivity index (χ2n) is 5.89. The molecule has 122 valence electrons. The monoisotopic (exact) mass is 550 g/mol. The van der Waals surface area contributed by atoms with Crippen LogP contribution in [-0.4, -0.2) is 21.8 Å². The van der Waals surface area contributed by atoms with Crippen LogP contribution in [0.5, 0.6) is 0 Å². The minimum absolute atomic E-state index is 0.848. The fourth-order valence-corrected chi connectivity index (χ4v) is 14.7. The molecule has 0 fully saturated rings. The summed E-state index contributed by atoms with van der Waals surface area (Å²) in [6.45, 7) is 6.48. The van der Waals surface area contributed by atoms with Crippen LogP contribution in [0, 0.1) is 20.8 Å². The molecule has 0 saturated carbocycles. The molecule has 0 aliphatic rings. The van der Waals surface area contributed by atoms with Crippen LogP contribution in [0.1, 0.15) is 16.7 Å². The molecular formula is C21H19BiCl2. The maximum absolute atomic E-state index is 6.45. The quantitative estimate of drug-likeness (QED) is 0.423. The Morgan fingerprint density at radius 2 is 1.04 bits per heavy atom. The molecule has 3 rings (SSSR count). The van der Waals surface area contributed by atoms with Crippen molar-refractivity contribution in [3.63, 3.8) is 0 Å². The van der Waals surface area contributed by atoms with Crippen LogP contribution < -0.4 is 9.81 Å². The SMILES string of the molecule is Cc1cccc[c]1[Bi]([c]1cccc(Cl)c1C)[c]1cccc(Cl)c1C. The molecule has 0 amide bonds. The van der Waals surface area contributed by atoms with E-state index in [1.165, 1.54) is 26.5 Å². The van der Waals surface area contributed by atoms with Gasteiger partial charge in [-0.1, -0.05) is 0 Å². The van der Waals surface area contributed by atoms with Gasteiger partial charge < -0.3 is 0 Å². The van der Waals surface area contributed by atoms with E-state index in [0.29, 0.717) is 0 Å². The van der Waals surface area contributed by atoms with E-state index < -0.39 is 21.8 Å². The zero-order valence-electron chi connectivity index (χ0n) is 14.0. The van der Waals surface area contributed by atoms with E-state index in [9.17, 15) is 0 Å². The Kier molecular flexibility index (Phi) is 5.65.